The van der Waals surface area contributed by atoms with E-state index in [0.29, 0.717) is 5.56 Å². The Hall–Kier alpha value is -3.33. The van der Waals surface area contributed by atoms with Crippen LogP contribution < -0.4 is 0 Å². The molecular formula is C23H18N2O. The number of fused-ring (bicyclic) bond motifs is 1. The average molecular weight is 338 g/mol. The molecule has 0 fully saturated rings. The summed E-state index contributed by atoms with van der Waals surface area (Å²) in [7, 11) is 0. The lowest BCUT2D eigenvalue weighted by Crippen LogP contribution is -2.12. The predicted octanol–water partition coefficient (Wildman–Crippen LogP) is 5.28. The van der Waals surface area contributed by atoms with E-state index in [2.05, 4.69) is 4.98 Å². The van der Waals surface area contributed by atoms with Crippen molar-refractivity contribution < 1.29 is 4.79 Å². The molecular weight excluding hydrogens is 320 g/mol. The molecule has 0 amide bonds. The van der Waals surface area contributed by atoms with Crippen molar-refractivity contribution in [2.45, 2.75) is 12.8 Å². The maximum Gasteiger partial charge on any atom is 0.171 e. The average Bonchev–Trinajstić information content (AvgIpc) is 2.73. The minimum Gasteiger partial charge on any atom is -0.293 e. The van der Waals surface area contributed by atoms with Crippen LogP contribution in [0.1, 0.15) is 28.9 Å². The topological polar surface area (TPSA) is 42.9 Å². The SMILES string of the molecule is C[C@@H](C(=O)c1ccccc1)c1nc(-c2ccccn2)cc2ccccc12. The Bertz CT molecular complexity index is 1060. The number of ketones is 1. The largest absolute Gasteiger partial charge is 0.293 e. The van der Waals surface area contributed by atoms with Gasteiger partial charge in [0.1, 0.15) is 0 Å². The second-order valence-corrected chi connectivity index (χ2v) is 6.28. The molecule has 0 N–H and O–H groups in total. The van der Waals surface area contributed by atoms with Gasteiger partial charge in [-0.15, -0.1) is 0 Å². The van der Waals surface area contributed by atoms with Gasteiger partial charge in [0.2, 0.25) is 0 Å². The molecule has 0 saturated carbocycles. The van der Waals surface area contributed by atoms with E-state index in [1.54, 1.807) is 6.20 Å². The summed E-state index contributed by atoms with van der Waals surface area (Å²) in [6.45, 7) is 1.92. The molecule has 0 saturated heterocycles. The lowest BCUT2D eigenvalue weighted by molar-refractivity contribution is 0.0965. The molecule has 0 radical (unpaired) electrons. The van der Waals surface area contributed by atoms with Crippen molar-refractivity contribution in [3.63, 3.8) is 0 Å². The molecule has 0 bridgehead atoms. The summed E-state index contributed by atoms with van der Waals surface area (Å²) in [5.41, 5.74) is 3.08. The van der Waals surface area contributed by atoms with Crippen molar-refractivity contribution in [3.05, 3.63) is 96.3 Å². The number of hydrogen-bond donors (Lipinski definition) is 0. The van der Waals surface area contributed by atoms with Gasteiger partial charge in [-0.2, -0.15) is 0 Å². The number of hydrogen-bond acceptors (Lipinski definition) is 3. The summed E-state index contributed by atoms with van der Waals surface area (Å²) < 4.78 is 0. The van der Waals surface area contributed by atoms with Gasteiger partial charge in [-0.1, -0.05) is 60.7 Å². The van der Waals surface area contributed by atoms with Crippen molar-refractivity contribution in [1.82, 2.24) is 9.97 Å². The second kappa shape index (κ2) is 6.89. The molecule has 0 spiro atoms. The molecule has 0 aliphatic heterocycles. The van der Waals surface area contributed by atoms with E-state index in [1.807, 2.05) is 85.8 Å². The Morgan fingerprint density at radius 1 is 0.846 bits per heavy atom. The summed E-state index contributed by atoms with van der Waals surface area (Å²) in [5, 5.41) is 2.06. The Balaban J connectivity index is 1.87. The third-order valence-electron chi connectivity index (χ3n) is 4.56. The fourth-order valence-electron chi connectivity index (χ4n) is 3.18. The molecule has 4 aromatic rings. The quantitative estimate of drug-likeness (QED) is 0.475. The number of rotatable bonds is 4. The van der Waals surface area contributed by atoms with Crippen molar-refractivity contribution in [2.75, 3.05) is 0 Å². The van der Waals surface area contributed by atoms with Crippen LogP contribution in [0.2, 0.25) is 0 Å². The summed E-state index contributed by atoms with van der Waals surface area (Å²) in [6, 6.07) is 25.2. The Labute approximate surface area is 152 Å². The van der Waals surface area contributed by atoms with Gasteiger partial charge < -0.3 is 0 Å². The number of carbonyl (C=O) groups excluding carboxylic acids is 1. The number of nitrogens with zero attached hydrogens (tertiary/aromatic N) is 2. The monoisotopic (exact) mass is 338 g/mol. The second-order valence-electron chi connectivity index (χ2n) is 6.28. The van der Waals surface area contributed by atoms with Gasteiger partial charge in [-0.05, 0) is 30.5 Å². The molecule has 4 rings (SSSR count). The standard InChI is InChI=1S/C23H18N2O/c1-16(23(26)17-9-3-2-4-10-17)22-19-12-6-5-11-18(19)15-21(25-22)20-13-7-8-14-24-20/h2-16H,1H3/t16-/m1/s1. The Kier molecular flexibility index (Phi) is 4.28. The minimum absolute atomic E-state index is 0.0708. The highest BCUT2D eigenvalue weighted by molar-refractivity contribution is 6.03. The van der Waals surface area contributed by atoms with Crippen molar-refractivity contribution in [3.8, 4) is 11.4 Å². The van der Waals surface area contributed by atoms with Crippen molar-refractivity contribution in [1.29, 1.82) is 0 Å². The van der Waals surface area contributed by atoms with Gasteiger partial charge in [0.25, 0.3) is 0 Å². The van der Waals surface area contributed by atoms with Gasteiger partial charge in [-0.25, -0.2) is 4.98 Å². The van der Waals surface area contributed by atoms with E-state index < -0.39 is 0 Å². The summed E-state index contributed by atoms with van der Waals surface area (Å²) >= 11 is 0. The van der Waals surface area contributed by atoms with Crippen LogP contribution in [0.4, 0.5) is 0 Å². The van der Waals surface area contributed by atoms with Crippen LogP contribution in [0.15, 0.2) is 85.1 Å². The molecule has 0 aliphatic rings. The first-order valence-electron chi connectivity index (χ1n) is 8.64. The Morgan fingerprint density at radius 2 is 1.58 bits per heavy atom. The van der Waals surface area contributed by atoms with E-state index in [1.165, 1.54) is 0 Å². The number of aromatic nitrogens is 2. The molecule has 3 nitrogen and oxygen atoms in total. The van der Waals surface area contributed by atoms with Gasteiger partial charge in [0.15, 0.2) is 5.78 Å². The minimum atomic E-state index is -0.342. The number of Topliss-reactive ketones (excluding diaryl/α,β-unsaturated/α-hetero) is 1. The number of pyridine rings is 2. The zero-order valence-corrected chi connectivity index (χ0v) is 14.5. The molecule has 3 heteroatoms. The van der Waals surface area contributed by atoms with Crippen LogP contribution in [0.3, 0.4) is 0 Å². The van der Waals surface area contributed by atoms with Crippen LogP contribution in [-0.4, -0.2) is 15.8 Å². The summed E-state index contributed by atoms with van der Waals surface area (Å²) in [6.07, 6.45) is 1.75. The molecule has 2 aromatic carbocycles. The van der Waals surface area contributed by atoms with Crippen molar-refractivity contribution >= 4 is 16.6 Å². The van der Waals surface area contributed by atoms with Crippen molar-refractivity contribution in [2.24, 2.45) is 0 Å². The normalized spacial score (nSPS) is 12.0. The number of benzene rings is 2. The predicted molar refractivity (Wildman–Crippen MR) is 104 cm³/mol. The maximum atomic E-state index is 13.0. The van der Waals surface area contributed by atoms with E-state index in [-0.39, 0.29) is 11.7 Å². The van der Waals surface area contributed by atoms with E-state index >= 15 is 0 Å². The fourth-order valence-corrected chi connectivity index (χ4v) is 3.18. The molecule has 26 heavy (non-hydrogen) atoms. The third kappa shape index (κ3) is 3.00. The molecule has 2 heterocycles. The van der Waals surface area contributed by atoms with Crippen LogP contribution >= 0.6 is 0 Å². The van der Waals surface area contributed by atoms with E-state index in [0.717, 1.165) is 27.9 Å². The van der Waals surface area contributed by atoms with E-state index in [4.69, 9.17) is 4.98 Å². The zero-order valence-electron chi connectivity index (χ0n) is 14.5. The maximum absolute atomic E-state index is 13.0. The summed E-state index contributed by atoms with van der Waals surface area (Å²) in [5.74, 6) is -0.271. The smallest absolute Gasteiger partial charge is 0.171 e. The van der Waals surface area contributed by atoms with Gasteiger partial charge in [-0.3, -0.25) is 9.78 Å². The first kappa shape index (κ1) is 16.2. The fraction of sp³-hybridized carbons (Fsp3) is 0.0870. The lowest BCUT2D eigenvalue weighted by Gasteiger charge is -2.15. The highest BCUT2D eigenvalue weighted by atomic mass is 16.1. The lowest BCUT2D eigenvalue weighted by atomic mass is 9.92. The zero-order chi connectivity index (χ0) is 17.9. The Morgan fingerprint density at radius 3 is 2.35 bits per heavy atom. The van der Waals surface area contributed by atoms with Crippen LogP contribution in [-0.2, 0) is 0 Å². The third-order valence-corrected chi connectivity index (χ3v) is 4.56. The van der Waals surface area contributed by atoms with Crippen LogP contribution in [0.25, 0.3) is 22.2 Å². The molecule has 1 atom stereocenters. The molecule has 126 valence electrons. The highest BCUT2D eigenvalue weighted by Gasteiger charge is 2.21. The van der Waals surface area contributed by atoms with Crippen LogP contribution in [0, 0.1) is 0 Å². The summed E-state index contributed by atoms with van der Waals surface area (Å²) in [4.78, 5) is 22.2. The van der Waals surface area contributed by atoms with Gasteiger partial charge >= 0.3 is 0 Å². The highest BCUT2D eigenvalue weighted by Crippen LogP contribution is 2.30. The van der Waals surface area contributed by atoms with E-state index in [9.17, 15) is 4.79 Å². The first-order valence-corrected chi connectivity index (χ1v) is 8.64. The number of carbonyl (C=O) groups is 1. The van der Waals surface area contributed by atoms with Gasteiger partial charge in [0.05, 0.1) is 23.0 Å². The molecule has 2 aromatic heterocycles. The van der Waals surface area contributed by atoms with Crippen LogP contribution in [0.5, 0.6) is 0 Å². The molecule has 0 aliphatic carbocycles. The van der Waals surface area contributed by atoms with Gasteiger partial charge in [0, 0.05) is 17.1 Å². The molecule has 0 unspecified atom stereocenters. The first-order chi connectivity index (χ1) is 12.7.